The second-order valence-electron chi connectivity index (χ2n) is 6.91. The maximum atomic E-state index is 13.5. The summed E-state index contributed by atoms with van der Waals surface area (Å²) in [6.45, 7) is 0. The number of carbonyl (C=O) groups is 1. The summed E-state index contributed by atoms with van der Waals surface area (Å²) in [4.78, 5) is 18.0. The average molecular weight is 374 g/mol. The van der Waals surface area contributed by atoms with Crippen LogP contribution in [-0.4, -0.2) is 10.9 Å². The Balaban J connectivity index is 1.68. The van der Waals surface area contributed by atoms with Crippen molar-refractivity contribution in [2.45, 2.75) is 0 Å². The van der Waals surface area contributed by atoms with Gasteiger partial charge in [-0.25, -0.2) is 0 Å². The molecule has 3 nitrogen and oxygen atoms in total. The van der Waals surface area contributed by atoms with E-state index >= 15 is 0 Å². The van der Waals surface area contributed by atoms with E-state index in [0.717, 1.165) is 32.8 Å². The number of hydrogen-bond donors (Lipinski definition) is 1. The first-order valence-electron chi connectivity index (χ1n) is 9.53. The third kappa shape index (κ3) is 3.13. The minimum absolute atomic E-state index is 0.140. The van der Waals surface area contributed by atoms with Crippen molar-refractivity contribution in [3.8, 4) is 11.1 Å². The first-order chi connectivity index (χ1) is 14.3. The summed E-state index contributed by atoms with van der Waals surface area (Å²) in [6.07, 6.45) is 1.74. The number of anilines is 1. The zero-order valence-electron chi connectivity index (χ0n) is 15.7. The molecule has 138 valence electrons. The summed E-state index contributed by atoms with van der Waals surface area (Å²) in [5.41, 5.74) is 4.08. The van der Waals surface area contributed by atoms with E-state index in [-0.39, 0.29) is 5.91 Å². The van der Waals surface area contributed by atoms with Crippen molar-refractivity contribution in [1.82, 2.24) is 4.98 Å². The molecule has 1 N–H and O–H groups in total. The van der Waals surface area contributed by atoms with Crippen LogP contribution in [-0.2, 0) is 0 Å². The predicted molar refractivity (Wildman–Crippen MR) is 119 cm³/mol. The average Bonchev–Trinajstić information content (AvgIpc) is 2.79. The van der Waals surface area contributed by atoms with E-state index in [0.29, 0.717) is 11.3 Å². The smallest absolute Gasteiger partial charge is 0.256 e. The van der Waals surface area contributed by atoms with Gasteiger partial charge in [0.2, 0.25) is 0 Å². The molecule has 0 spiro atoms. The topological polar surface area (TPSA) is 42.0 Å². The van der Waals surface area contributed by atoms with Gasteiger partial charge in [-0.15, -0.1) is 0 Å². The van der Waals surface area contributed by atoms with Crippen molar-refractivity contribution in [1.29, 1.82) is 0 Å². The maximum Gasteiger partial charge on any atom is 0.256 e. The Morgan fingerprint density at radius 2 is 1.45 bits per heavy atom. The SMILES string of the molecule is O=C(Nc1cccc2cccnc12)c1c(-c2ccccc2)ccc2ccccc12. The molecule has 1 aromatic heterocycles. The normalized spacial score (nSPS) is 10.9. The van der Waals surface area contributed by atoms with Crippen molar-refractivity contribution in [2.75, 3.05) is 5.32 Å². The van der Waals surface area contributed by atoms with E-state index in [1.165, 1.54) is 0 Å². The van der Waals surface area contributed by atoms with Crippen molar-refractivity contribution >= 4 is 33.3 Å². The van der Waals surface area contributed by atoms with E-state index in [4.69, 9.17) is 0 Å². The van der Waals surface area contributed by atoms with E-state index < -0.39 is 0 Å². The third-order valence-electron chi connectivity index (χ3n) is 5.12. The molecule has 0 saturated carbocycles. The fourth-order valence-electron chi connectivity index (χ4n) is 3.76. The number of nitrogens with zero attached hydrogens (tertiary/aromatic N) is 1. The lowest BCUT2D eigenvalue weighted by Crippen LogP contribution is -2.14. The minimum atomic E-state index is -0.140. The second-order valence-corrected chi connectivity index (χ2v) is 6.91. The molecule has 0 radical (unpaired) electrons. The highest BCUT2D eigenvalue weighted by molar-refractivity contribution is 6.18. The van der Waals surface area contributed by atoms with E-state index in [9.17, 15) is 4.79 Å². The standard InChI is InChI=1S/C26H18N2O/c29-26(28-23-14-6-11-20-12-7-17-27-25(20)23)24-21-13-5-4-10-19(21)15-16-22(24)18-8-2-1-3-9-18/h1-17H,(H,28,29). The molecule has 0 aliphatic carbocycles. The molecule has 29 heavy (non-hydrogen) atoms. The molecule has 1 heterocycles. The van der Waals surface area contributed by atoms with Crippen LogP contribution in [0.1, 0.15) is 10.4 Å². The maximum absolute atomic E-state index is 13.5. The van der Waals surface area contributed by atoms with Gasteiger partial charge >= 0.3 is 0 Å². The summed E-state index contributed by atoms with van der Waals surface area (Å²) in [5.74, 6) is -0.140. The van der Waals surface area contributed by atoms with Crippen LogP contribution in [0.15, 0.2) is 103 Å². The number of pyridine rings is 1. The van der Waals surface area contributed by atoms with Crippen LogP contribution in [0.25, 0.3) is 32.8 Å². The van der Waals surface area contributed by atoms with Crippen LogP contribution in [0, 0.1) is 0 Å². The van der Waals surface area contributed by atoms with Gasteiger partial charge in [-0.3, -0.25) is 9.78 Å². The fourth-order valence-corrected chi connectivity index (χ4v) is 3.76. The fraction of sp³-hybridized carbons (Fsp3) is 0. The summed E-state index contributed by atoms with van der Waals surface area (Å²) in [7, 11) is 0. The van der Waals surface area contributed by atoms with Crippen molar-refractivity contribution in [2.24, 2.45) is 0 Å². The number of nitrogens with one attached hydrogen (secondary N) is 1. The monoisotopic (exact) mass is 374 g/mol. The Hall–Kier alpha value is -3.98. The van der Waals surface area contributed by atoms with Crippen LogP contribution >= 0.6 is 0 Å². The minimum Gasteiger partial charge on any atom is -0.320 e. The number of benzene rings is 4. The van der Waals surface area contributed by atoms with E-state index in [1.807, 2.05) is 91.0 Å². The molecule has 1 amide bonds. The molecule has 0 saturated heterocycles. The van der Waals surface area contributed by atoms with Gasteiger partial charge in [0.05, 0.1) is 16.8 Å². The highest BCUT2D eigenvalue weighted by Crippen LogP contribution is 2.31. The third-order valence-corrected chi connectivity index (χ3v) is 5.12. The number of carbonyl (C=O) groups excluding carboxylic acids is 1. The Morgan fingerprint density at radius 1 is 0.690 bits per heavy atom. The molecular formula is C26H18N2O. The lowest BCUT2D eigenvalue weighted by atomic mass is 9.93. The van der Waals surface area contributed by atoms with Crippen LogP contribution < -0.4 is 5.32 Å². The Bertz CT molecular complexity index is 1340. The number of para-hydroxylation sites is 1. The highest BCUT2D eigenvalue weighted by atomic mass is 16.1. The lowest BCUT2D eigenvalue weighted by molar-refractivity contribution is 0.102. The molecular weight excluding hydrogens is 356 g/mol. The Morgan fingerprint density at radius 3 is 2.34 bits per heavy atom. The van der Waals surface area contributed by atoms with Gasteiger partial charge in [0.1, 0.15) is 0 Å². The van der Waals surface area contributed by atoms with Crippen molar-refractivity contribution < 1.29 is 4.79 Å². The van der Waals surface area contributed by atoms with Gasteiger partial charge in [0.15, 0.2) is 0 Å². The number of hydrogen-bond acceptors (Lipinski definition) is 2. The Labute approximate surface area is 168 Å². The largest absolute Gasteiger partial charge is 0.320 e. The predicted octanol–water partition coefficient (Wildman–Crippen LogP) is 6.31. The quantitative estimate of drug-likeness (QED) is 0.402. The zero-order chi connectivity index (χ0) is 19.6. The summed E-state index contributed by atoms with van der Waals surface area (Å²) >= 11 is 0. The molecule has 0 unspecified atom stereocenters. The van der Waals surface area contributed by atoms with Crippen LogP contribution in [0.4, 0.5) is 5.69 Å². The molecule has 3 heteroatoms. The molecule has 0 aliphatic rings. The van der Waals surface area contributed by atoms with Crippen LogP contribution in [0.3, 0.4) is 0 Å². The Kier molecular flexibility index (Phi) is 4.26. The molecule has 0 aliphatic heterocycles. The van der Waals surface area contributed by atoms with Crippen molar-refractivity contribution in [3.05, 3.63) is 109 Å². The van der Waals surface area contributed by atoms with Gasteiger partial charge in [0.25, 0.3) is 5.91 Å². The van der Waals surface area contributed by atoms with Crippen LogP contribution in [0.2, 0.25) is 0 Å². The first-order valence-corrected chi connectivity index (χ1v) is 9.53. The number of amides is 1. The second kappa shape index (κ2) is 7.21. The number of aromatic nitrogens is 1. The summed E-state index contributed by atoms with van der Waals surface area (Å²) in [5, 5.41) is 6.06. The first kappa shape index (κ1) is 17.1. The zero-order valence-corrected chi connectivity index (χ0v) is 15.7. The summed E-state index contributed by atoms with van der Waals surface area (Å²) < 4.78 is 0. The summed E-state index contributed by atoms with van der Waals surface area (Å²) in [6, 6.07) is 31.8. The number of rotatable bonds is 3. The lowest BCUT2D eigenvalue weighted by Gasteiger charge is -2.14. The van der Waals surface area contributed by atoms with E-state index in [1.54, 1.807) is 6.20 Å². The highest BCUT2D eigenvalue weighted by Gasteiger charge is 2.17. The van der Waals surface area contributed by atoms with Crippen molar-refractivity contribution in [3.63, 3.8) is 0 Å². The molecule has 0 fully saturated rings. The molecule has 5 rings (SSSR count). The van der Waals surface area contributed by atoms with Crippen LogP contribution in [0.5, 0.6) is 0 Å². The van der Waals surface area contributed by atoms with Gasteiger partial charge in [-0.05, 0) is 34.0 Å². The molecule has 0 bridgehead atoms. The van der Waals surface area contributed by atoms with Gasteiger partial charge in [-0.1, -0.05) is 84.9 Å². The van der Waals surface area contributed by atoms with Gasteiger partial charge < -0.3 is 5.32 Å². The number of fused-ring (bicyclic) bond motifs is 2. The van der Waals surface area contributed by atoms with E-state index in [2.05, 4.69) is 16.4 Å². The van der Waals surface area contributed by atoms with Gasteiger partial charge in [-0.2, -0.15) is 0 Å². The molecule has 4 aromatic carbocycles. The molecule has 0 atom stereocenters. The van der Waals surface area contributed by atoms with Gasteiger partial charge in [0, 0.05) is 11.6 Å². The molecule has 5 aromatic rings.